The molecule has 3 saturated carbocycles. The molecule has 0 radical (unpaired) electrons. The van der Waals surface area contributed by atoms with Crippen LogP contribution in [0, 0.1) is 34.0 Å². The molecule has 9 heteroatoms. The van der Waals surface area contributed by atoms with Crippen molar-refractivity contribution in [1.82, 2.24) is 0 Å². The lowest BCUT2D eigenvalue weighted by Crippen LogP contribution is -2.71. The van der Waals surface area contributed by atoms with Crippen LogP contribution in [-0.2, 0) is 19.1 Å². The Morgan fingerprint density at radius 2 is 2.09 bits per heavy atom. The van der Waals surface area contributed by atoms with E-state index in [4.69, 9.17) is 14.7 Å². The number of alkyl halides is 2. The summed E-state index contributed by atoms with van der Waals surface area (Å²) >= 11 is 0.862. The predicted octanol–water partition coefficient (Wildman–Crippen LogP) is 4.20. The van der Waals surface area contributed by atoms with Crippen LogP contribution in [0.15, 0.2) is 11.6 Å². The Hall–Kier alpha value is -1.34. The molecule has 0 aromatic carbocycles. The molecular weight excluding hydrogens is 476 g/mol. The number of rotatable bonds is 4. The molecule has 6 nitrogen and oxygen atoms in total. The Morgan fingerprint density at radius 3 is 2.77 bits per heavy atom. The normalized spacial score (nSPS) is 50.4. The summed E-state index contributed by atoms with van der Waals surface area (Å²) in [5.74, 6) is -1.60. The molecule has 0 amide bonds. The second kappa shape index (κ2) is 8.34. The highest BCUT2D eigenvalue weighted by Gasteiger charge is 2.80. The molecule has 0 spiro atoms. The summed E-state index contributed by atoms with van der Waals surface area (Å²) in [6, 6.07) is 1.98. The third-order valence-corrected chi connectivity index (χ3v) is 10.8. The van der Waals surface area contributed by atoms with Crippen molar-refractivity contribution >= 4 is 22.7 Å². The number of aliphatic hydroxyl groups excluding tert-OH is 1. The topological polar surface area (TPSA) is 96.6 Å². The zero-order chi connectivity index (χ0) is 25.4. The third-order valence-electron chi connectivity index (χ3n) is 9.91. The maximum Gasteiger partial charge on any atom is 0.225 e. The van der Waals surface area contributed by atoms with Crippen molar-refractivity contribution in [3.05, 3.63) is 11.6 Å². The van der Waals surface area contributed by atoms with Crippen LogP contribution in [0.25, 0.3) is 0 Å². The molecule has 1 heterocycles. The monoisotopic (exact) mass is 509 g/mol. The summed E-state index contributed by atoms with van der Waals surface area (Å²) in [5, 5.41) is 20.3. The number of halogens is 2. The standard InChI is InChI=1S/C26H33F2NO5S/c1-4-5-21-33-20-12-15-16-11-18(27)17-10-14(30)6-7-23(17,2)25(16,28)19(31)13-24(15,3)26(20,34-21)22(32)35-9-8-29/h10,15-16,18-21,31H,4-7,9,11-13H2,1-3H3/t15?,16?,18-,19-,20+,21?,23-,24-,25-,26-/m0/s1. The average molecular weight is 510 g/mol. The lowest BCUT2D eigenvalue weighted by atomic mass is 9.43. The smallest absolute Gasteiger partial charge is 0.225 e. The molecule has 1 saturated heterocycles. The van der Waals surface area contributed by atoms with Crippen LogP contribution in [0.3, 0.4) is 0 Å². The van der Waals surface area contributed by atoms with Gasteiger partial charge in [0.05, 0.1) is 24.0 Å². The second-order valence-electron chi connectivity index (χ2n) is 11.4. The van der Waals surface area contributed by atoms with Gasteiger partial charge in [-0.2, -0.15) is 5.26 Å². The minimum atomic E-state index is -2.14. The second-order valence-corrected chi connectivity index (χ2v) is 12.3. The first-order chi connectivity index (χ1) is 16.5. The number of nitrogens with zero attached hydrogens (tertiary/aromatic N) is 1. The van der Waals surface area contributed by atoms with Crippen molar-refractivity contribution in [2.75, 3.05) is 5.75 Å². The fourth-order valence-electron chi connectivity index (χ4n) is 8.30. The third kappa shape index (κ3) is 3.09. The van der Waals surface area contributed by atoms with Gasteiger partial charge < -0.3 is 14.6 Å². The maximum absolute atomic E-state index is 17.4. The molecule has 4 fully saturated rings. The van der Waals surface area contributed by atoms with Crippen molar-refractivity contribution in [3.63, 3.8) is 0 Å². The first kappa shape index (κ1) is 25.3. The first-order valence-electron chi connectivity index (χ1n) is 12.6. The fourth-order valence-corrected chi connectivity index (χ4v) is 9.12. The van der Waals surface area contributed by atoms with E-state index in [1.54, 1.807) is 6.92 Å². The number of hydrogen-bond acceptors (Lipinski definition) is 7. The molecule has 10 atom stereocenters. The SMILES string of the molecule is CCCC1O[C@@H]2CC3C4C[C@H](F)C5=CC(=O)CC[C@]5(C)[C@@]4(F)[C@@H](O)C[C@]3(C)[C@]2(C(=O)SCC#N)O1. The number of allylic oxidation sites excluding steroid dienone is 1. The van der Waals surface area contributed by atoms with E-state index in [-0.39, 0.29) is 47.9 Å². The molecule has 4 aliphatic carbocycles. The van der Waals surface area contributed by atoms with Crippen LogP contribution < -0.4 is 0 Å². The lowest BCUT2D eigenvalue weighted by Gasteiger charge is -2.64. The zero-order valence-electron chi connectivity index (χ0n) is 20.4. The van der Waals surface area contributed by atoms with Crippen molar-refractivity contribution in [2.24, 2.45) is 22.7 Å². The van der Waals surface area contributed by atoms with Crippen molar-refractivity contribution in [3.8, 4) is 6.07 Å². The summed E-state index contributed by atoms with van der Waals surface area (Å²) in [7, 11) is 0. The minimum absolute atomic E-state index is 0.0456. The van der Waals surface area contributed by atoms with E-state index in [1.165, 1.54) is 6.08 Å². The van der Waals surface area contributed by atoms with Gasteiger partial charge in [0, 0.05) is 23.2 Å². The van der Waals surface area contributed by atoms with Crippen LogP contribution >= 0.6 is 11.8 Å². The molecule has 5 aliphatic rings. The highest BCUT2D eigenvalue weighted by molar-refractivity contribution is 8.14. The summed E-state index contributed by atoms with van der Waals surface area (Å²) in [6.07, 6.45) is -1.24. The van der Waals surface area contributed by atoms with Crippen LogP contribution in [0.1, 0.15) is 65.7 Å². The van der Waals surface area contributed by atoms with Crippen LogP contribution in [0.5, 0.6) is 0 Å². The predicted molar refractivity (Wildman–Crippen MR) is 125 cm³/mol. The van der Waals surface area contributed by atoms with Crippen LogP contribution in [0.4, 0.5) is 8.78 Å². The molecule has 1 aliphatic heterocycles. The fraction of sp³-hybridized carbons (Fsp3) is 0.808. The lowest BCUT2D eigenvalue weighted by molar-refractivity contribution is -0.240. The molecule has 1 N–H and O–H groups in total. The Balaban J connectivity index is 1.60. The summed E-state index contributed by atoms with van der Waals surface area (Å²) in [4.78, 5) is 25.7. The van der Waals surface area contributed by atoms with Gasteiger partial charge in [-0.05, 0) is 49.7 Å². The van der Waals surface area contributed by atoms with E-state index in [0.717, 1.165) is 18.2 Å². The number of aliphatic hydroxyl groups is 1. The Labute approximate surface area is 208 Å². The van der Waals surface area contributed by atoms with Crippen LogP contribution in [0.2, 0.25) is 0 Å². The van der Waals surface area contributed by atoms with Crippen molar-refractivity contribution in [1.29, 1.82) is 5.26 Å². The number of fused-ring (bicyclic) bond motifs is 7. The van der Waals surface area contributed by atoms with E-state index in [9.17, 15) is 14.7 Å². The van der Waals surface area contributed by atoms with Gasteiger partial charge in [0.1, 0.15) is 11.8 Å². The number of nitriles is 1. The Morgan fingerprint density at radius 1 is 1.34 bits per heavy atom. The van der Waals surface area contributed by atoms with Gasteiger partial charge in [-0.1, -0.05) is 39.0 Å². The Bertz CT molecular complexity index is 1020. The highest BCUT2D eigenvalue weighted by atomic mass is 32.2. The van der Waals surface area contributed by atoms with Gasteiger partial charge in [0.15, 0.2) is 17.7 Å². The molecule has 5 rings (SSSR count). The number of carbonyl (C=O) groups excluding carboxylic acids is 2. The highest BCUT2D eigenvalue weighted by Crippen LogP contribution is 2.72. The van der Waals surface area contributed by atoms with Crippen molar-refractivity contribution < 1.29 is 33.0 Å². The van der Waals surface area contributed by atoms with Crippen molar-refractivity contribution in [2.45, 2.75) is 102 Å². The van der Waals surface area contributed by atoms with Gasteiger partial charge in [0.2, 0.25) is 5.12 Å². The van der Waals surface area contributed by atoms with Gasteiger partial charge >= 0.3 is 0 Å². The van der Waals surface area contributed by atoms with Gasteiger partial charge in [-0.3, -0.25) is 9.59 Å². The summed E-state index contributed by atoms with van der Waals surface area (Å²) < 4.78 is 45.6. The average Bonchev–Trinajstić information content (AvgIpc) is 3.28. The van der Waals surface area contributed by atoms with E-state index < -0.39 is 58.6 Å². The first-order valence-corrected chi connectivity index (χ1v) is 13.6. The van der Waals surface area contributed by atoms with Gasteiger partial charge in [-0.25, -0.2) is 8.78 Å². The minimum Gasteiger partial charge on any atom is -0.390 e. The molecule has 35 heavy (non-hydrogen) atoms. The number of ketones is 1. The van der Waals surface area contributed by atoms with E-state index in [1.807, 2.05) is 19.9 Å². The summed E-state index contributed by atoms with van der Waals surface area (Å²) in [6.45, 7) is 5.46. The molecule has 0 aromatic heterocycles. The maximum atomic E-state index is 17.4. The molecule has 0 aromatic rings. The molecular formula is C26H33F2NO5S. The molecule has 3 unspecified atom stereocenters. The van der Waals surface area contributed by atoms with E-state index >= 15 is 8.78 Å². The number of ether oxygens (including phenoxy) is 2. The van der Waals surface area contributed by atoms with Crippen LogP contribution in [-0.4, -0.2) is 57.7 Å². The molecule has 0 bridgehead atoms. The van der Waals surface area contributed by atoms with Gasteiger partial charge in [0.25, 0.3) is 0 Å². The van der Waals surface area contributed by atoms with E-state index in [0.29, 0.717) is 12.8 Å². The molecule has 192 valence electrons. The number of hydrogen-bond donors (Lipinski definition) is 1. The Kier molecular flexibility index (Phi) is 6.03. The zero-order valence-corrected chi connectivity index (χ0v) is 21.2. The summed E-state index contributed by atoms with van der Waals surface area (Å²) in [5.41, 5.74) is -5.73. The van der Waals surface area contributed by atoms with E-state index in [2.05, 4.69) is 0 Å². The number of carbonyl (C=O) groups is 2. The van der Waals surface area contributed by atoms with Gasteiger partial charge in [-0.15, -0.1) is 0 Å². The number of thioether (sulfide) groups is 1. The largest absolute Gasteiger partial charge is 0.390 e. The quantitative estimate of drug-likeness (QED) is 0.607.